The van der Waals surface area contributed by atoms with Crippen molar-refractivity contribution >= 4 is 0 Å². The molecule has 0 fully saturated rings. The van der Waals surface area contributed by atoms with Crippen molar-refractivity contribution in [3.63, 3.8) is 0 Å². The third kappa shape index (κ3) is 2.86. The second kappa shape index (κ2) is 4.71. The highest BCUT2D eigenvalue weighted by Gasteiger charge is 2.35. The lowest BCUT2D eigenvalue weighted by Gasteiger charge is -2.17. The maximum absolute atomic E-state index is 12.6. The van der Waals surface area contributed by atoms with Gasteiger partial charge < -0.3 is 9.94 Å². The quantitative estimate of drug-likeness (QED) is 0.817. The molecule has 0 radical (unpaired) electrons. The van der Waals surface area contributed by atoms with Crippen LogP contribution in [0.2, 0.25) is 0 Å². The van der Waals surface area contributed by atoms with Crippen LogP contribution in [0.1, 0.15) is 11.1 Å². The number of hydrogen-bond donors (Lipinski definition) is 1. The van der Waals surface area contributed by atoms with Crippen molar-refractivity contribution in [2.24, 2.45) is 0 Å². The summed E-state index contributed by atoms with van der Waals surface area (Å²) in [5.41, 5.74) is -0.559. The number of hydrogen-bond acceptors (Lipinski definition) is 3. The van der Waals surface area contributed by atoms with Gasteiger partial charge in [0, 0.05) is 12.6 Å². The van der Waals surface area contributed by atoms with Crippen molar-refractivity contribution < 1.29 is 23.1 Å². The van der Waals surface area contributed by atoms with Crippen LogP contribution in [0.4, 0.5) is 13.2 Å². The summed E-state index contributed by atoms with van der Waals surface area (Å²) in [6, 6.07) is 3.70. The van der Waals surface area contributed by atoms with Crippen molar-refractivity contribution in [2.45, 2.75) is 12.7 Å². The van der Waals surface area contributed by atoms with Crippen LogP contribution in [-0.4, -0.2) is 24.4 Å². The molecule has 0 unspecified atom stereocenters. The molecule has 3 nitrogen and oxygen atoms in total. The molecule has 0 bridgehead atoms. The lowest BCUT2D eigenvalue weighted by molar-refractivity contribution is -0.139. The van der Waals surface area contributed by atoms with E-state index in [4.69, 9.17) is 9.94 Å². The summed E-state index contributed by atoms with van der Waals surface area (Å²) < 4.78 is 42.5. The highest BCUT2D eigenvalue weighted by atomic mass is 19.4. The van der Waals surface area contributed by atoms with E-state index in [9.17, 15) is 13.2 Å². The van der Waals surface area contributed by atoms with Gasteiger partial charge in [-0.25, -0.2) is 0 Å². The predicted molar refractivity (Wildman–Crippen MR) is 51.2 cm³/mol. The third-order valence-electron chi connectivity index (χ3n) is 2.01. The molecule has 0 amide bonds. The van der Waals surface area contributed by atoms with Crippen LogP contribution in [0.3, 0.4) is 0 Å². The molecule has 1 aromatic rings. The molecule has 1 rings (SSSR count). The first-order valence-corrected chi connectivity index (χ1v) is 4.49. The van der Waals surface area contributed by atoms with Crippen LogP contribution in [0, 0.1) is 0 Å². The van der Waals surface area contributed by atoms with E-state index in [1.807, 2.05) is 0 Å². The number of alkyl halides is 3. The maximum Gasteiger partial charge on any atom is 0.419 e. The summed E-state index contributed by atoms with van der Waals surface area (Å²) >= 11 is 0. The van der Waals surface area contributed by atoms with Crippen molar-refractivity contribution in [3.05, 3.63) is 29.3 Å². The Labute approximate surface area is 91.0 Å². The summed E-state index contributed by atoms with van der Waals surface area (Å²) in [5, 5.41) is 9.81. The minimum Gasteiger partial charge on any atom is -0.496 e. The molecule has 1 aromatic carbocycles. The molecular weight excluding hydrogens is 223 g/mol. The molecule has 16 heavy (non-hydrogen) atoms. The highest BCUT2D eigenvalue weighted by molar-refractivity contribution is 5.43. The minimum atomic E-state index is -4.46. The molecule has 6 heteroatoms. The van der Waals surface area contributed by atoms with Crippen LogP contribution in [0.15, 0.2) is 18.2 Å². The summed E-state index contributed by atoms with van der Waals surface area (Å²) in [5.74, 6) is -0.254. The fraction of sp³-hybridized carbons (Fsp3) is 0.400. The number of hydroxylamine groups is 2. The first-order valence-electron chi connectivity index (χ1n) is 4.49. The Morgan fingerprint density at radius 2 is 2.00 bits per heavy atom. The minimum absolute atomic E-state index is 0.0346. The number of para-hydroxylation sites is 1. The maximum atomic E-state index is 12.6. The number of nitrogens with zero attached hydrogens (tertiary/aromatic N) is 1. The Morgan fingerprint density at radius 1 is 1.38 bits per heavy atom. The normalized spacial score (nSPS) is 11.9. The summed E-state index contributed by atoms with van der Waals surface area (Å²) in [6.07, 6.45) is -4.46. The standard InChI is InChI=1S/C10H12F3NO2/c1-14(15)6-7-4-3-5-8(9(7)16-2)10(11,12)13/h3-5,15H,6H2,1-2H3. The van der Waals surface area contributed by atoms with Crippen LogP contribution in [0.5, 0.6) is 5.75 Å². The molecule has 0 heterocycles. The van der Waals surface area contributed by atoms with Gasteiger partial charge in [0.25, 0.3) is 0 Å². The van der Waals surface area contributed by atoms with E-state index in [0.29, 0.717) is 0 Å². The van der Waals surface area contributed by atoms with Gasteiger partial charge in [0.1, 0.15) is 5.75 Å². The monoisotopic (exact) mass is 235 g/mol. The van der Waals surface area contributed by atoms with E-state index in [2.05, 4.69) is 0 Å². The zero-order valence-corrected chi connectivity index (χ0v) is 8.88. The van der Waals surface area contributed by atoms with Gasteiger partial charge in [0.15, 0.2) is 0 Å². The molecule has 90 valence electrons. The average molecular weight is 235 g/mol. The number of rotatable bonds is 3. The highest BCUT2D eigenvalue weighted by Crippen LogP contribution is 2.38. The fourth-order valence-corrected chi connectivity index (χ4v) is 1.42. The molecular formula is C10H12F3NO2. The second-order valence-corrected chi connectivity index (χ2v) is 3.31. The van der Waals surface area contributed by atoms with E-state index in [0.717, 1.165) is 11.1 Å². The molecule has 1 N–H and O–H groups in total. The average Bonchev–Trinajstić information content (AvgIpc) is 2.15. The van der Waals surface area contributed by atoms with E-state index in [1.165, 1.54) is 26.3 Å². The van der Waals surface area contributed by atoms with Gasteiger partial charge >= 0.3 is 6.18 Å². The molecule has 0 spiro atoms. The Hall–Kier alpha value is -1.27. The van der Waals surface area contributed by atoms with Gasteiger partial charge in [-0.2, -0.15) is 18.2 Å². The summed E-state index contributed by atoms with van der Waals surface area (Å²) in [7, 11) is 2.52. The van der Waals surface area contributed by atoms with Gasteiger partial charge in [-0.1, -0.05) is 12.1 Å². The number of halogens is 3. The zero-order chi connectivity index (χ0) is 12.3. The number of methoxy groups -OCH3 is 1. The SMILES string of the molecule is COc1c(CN(C)O)cccc1C(F)(F)F. The van der Waals surface area contributed by atoms with E-state index in [1.54, 1.807) is 0 Å². The van der Waals surface area contributed by atoms with Crippen LogP contribution < -0.4 is 4.74 Å². The van der Waals surface area contributed by atoms with Crippen molar-refractivity contribution in [1.82, 2.24) is 5.06 Å². The lowest BCUT2D eigenvalue weighted by Crippen LogP contribution is -2.15. The Balaban J connectivity index is 3.21. The molecule has 0 aliphatic carbocycles. The number of benzene rings is 1. The van der Waals surface area contributed by atoms with Crippen molar-refractivity contribution in [2.75, 3.05) is 14.2 Å². The Morgan fingerprint density at radius 3 is 2.44 bits per heavy atom. The Bertz CT molecular complexity index is 364. The van der Waals surface area contributed by atoms with Gasteiger partial charge in [0.2, 0.25) is 0 Å². The molecule has 0 saturated carbocycles. The van der Waals surface area contributed by atoms with Crippen LogP contribution in [-0.2, 0) is 12.7 Å². The molecule has 0 atom stereocenters. The van der Waals surface area contributed by atoms with Crippen LogP contribution >= 0.6 is 0 Å². The fourth-order valence-electron chi connectivity index (χ4n) is 1.42. The molecule has 0 aliphatic heterocycles. The van der Waals surface area contributed by atoms with Crippen molar-refractivity contribution in [3.8, 4) is 5.75 Å². The number of ether oxygens (including phenoxy) is 1. The van der Waals surface area contributed by atoms with Gasteiger partial charge in [-0.05, 0) is 6.07 Å². The first-order chi connectivity index (χ1) is 7.36. The second-order valence-electron chi connectivity index (χ2n) is 3.31. The smallest absolute Gasteiger partial charge is 0.419 e. The van der Waals surface area contributed by atoms with E-state index >= 15 is 0 Å². The lowest BCUT2D eigenvalue weighted by atomic mass is 10.1. The van der Waals surface area contributed by atoms with Gasteiger partial charge in [0.05, 0.1) is 19.2 Å². The topological polar surface area (TPSA) is 32.7 Å². The summed E-state index contributed by atoms with van der Waals surface area (Å²) in [6.45, 7) is -0.0346. The first kappa shape index (κ1) is 12.8. The van der Waals surface area contributed by atoms with Gasteiger partial charge in [-0.15, -0.1) is 0 Å². The molecule has 0 aliphatic rings. The largest absolute Gasteiger partial charge is 0.496 e. The van der Waals surface area contributed by atoms with E-state index < -0.39 is 11.7 Å². The van der Waals surface area contributed by atoms with E-state index in [-0.39, 0.29) is 17.9 Å². The van der Waals surface area contributed by atoms with Gasteiger partial charge in [-0.3, -0.25) is 0 Å². The van der Waals surface area contributed by atoms with Crippen molar-refractivity contribution in [1.29, 1.82) is 0 Å². The zero-order valence-electron chi connectivity index (χ0n) is 8.88. The molecule has 0 aromatic heterocycles. The summed E-state index contributed by atoms with van der Waals surface area (Å²) in [4.78, 5) is 0. The third-order valence-corrected chi connectivity index (χ3v) is 2.01. The van der Waals surface area contributed by atoms with Crippen LogP contribution in [0.25, 0.3) is 0 Å². The Kier molecular flexibility index (Phi) is 3.77. The predicted octanol–water partition coefficient (Wildman–Crippen LogP) is 2.54. The molecule has 0 saturated heterocycles.